The molecular weight excluding hydrogens is 166 g/mol. The van der Waals surface area contributed by atoms with Gasteiger partial charge in [0, 0.05) is 12.6 Å². The highest BCUT2D eigenvalue weighted by Gasteiger charge is 2.09. The zero-order valence-electron chi connectivity index (χ0n) is 8.22. The van der Waals surface area contributed by atoms with Crippen molar-refractivity contribution in [3.05, 3.63) is 22.6 Å². The fourth-order valence-corrected chi connectivity index (χ4v) is 0.840. The largest absolute Gasteiger partial charge is 0.383 e. The minimum Gasteiger partial charge on any atom is -0.383 e. The lowest BCUT2D eigenvalue weighted by Crippen LogP contribution is -2.20. The van der Waals surface area contributed by atoms with Crippen molar-refractivity contribution >= 4 is 5.69 Å². The molecule has 13 heavy (non-hydrogen) atoms. The first-order valence-electron chi connectivity index (χ1n) is 4.26. The topological polar surface area (TPSA) is 57.8 Å². The molecule has 0 bridgehead atoms. The van der Waals surface area contributed by atoms with E-state index in [1.54, 1.807) is 6.20 Å². The summed E-state index contributed by atoms with van der Waals surface area (Å²) in [7, 11) is 0. The van der Waals surface area contributed by atoms with Gasteiger partial charge in [-0.1, -0.05) is 20.8 Å². The first-order chi connectivity index (χ1) is 5.97. The minimum atomic E-state index is -0.182. The highest BCUT2D eigenvalue weighted by Crippen LogP contribution is 2.13. The number of aromatic nitrogens is 2. The SMILES string of the molecule is CC(C)(C)CNc1cn[nH]c(=O)c1. The number of nitrogens with zero attached hydrogens (tertiary/aromatic N) is 1. The predicted octanol–water partition coefficient (Wildman–Crippen LogP) is 1.23. The molecule has 4 nitrogen and oxygen atoms in total. The van der Waals surface area contributed by atoms with Crippen molar-refractivity contribution in [3.63, 3.8) is 0 Å². The summed E-state index contributed by atoms with van der Waals surface area (Å²) in [6, 6.07) is 1.50. The third kappa shape index (κ3) is 3.73. The van der Waals surface area contributed by atoms with Gasteiger partial charge in [-0.25, -0.2) is 5.10 Å². The number of hydrogen-bond donors (Lipinski definition) is 2. The quantitative estimate of drug-likeness (QED) is 0.721. The number of nitrogens with one attached hydrogen (secondary N) is 2. The second-order valence-corrected chi connectivity index (χ2v) is 4.25. The van der Waals surface area contributed by atoms with Crippen LogP contribution in [0.5, 0.6) is 0 Å². The van der Waals surface area contributed by atoms with Gasteiger partial charge >= 0.3 is 0 Å². The van der Waals surface area contributed by atoms with Crippen LogP contribution in [0.25, 0.3) is 0 Å². The van der Waals surface area contributed by atoms with Crippen LogP contribution in [0.15, 0.2) is 17.1 Å². The summed E-state index contributed by atoms with van der Waals surface area (Å²) in [6.45, 7) is 7.19. The van der Waals surface area contributed by atoms with Crippen LogP contribution in [0.3, 0.4) is 0 Å². The van der Waals surface area contributed by atoms with Crippen LogP contribution >= 0.6 is 0 Å². The van der Waals surface area contributed by atoms with E-state index in [2.05, 4.69) is 36.3 Å². The van der Waals surface area contributed by atoms with Crippen LogP contribution in [0.1, 0.15) is 20.8 Å². The van der Waals surface area contributed by atoms with E-state index < -0.39 is 0 Å². The summed E-state index contributed by atoms with van der Waals surface area (Å²) < 4.78 is 0. The van der Waals surface area contributed by atoms with E-state index in [0.29, 0.717) is 0 Å². The number of H-pyrrole nitrogens is 1. The van der Waals surface area contributed by atoms with E-state index in [9.17, 15) is 4.79 Å². The van der Waals surface area contributed by atoms with Crippen molar-refractivity contribution in [1.82, 2.24) is 10.2 Å². The van der Waals surface area contributed by atoms with E-state index in [0.717, 1.165) is 12.2 Å². The van der Waals surface area contributed by atoms with Gasteiger partial charge in [0.05, 0.1) is 11.9 Å². The molecule has 2 N–H and O–H groups in total. The van der Waals surface area contributed by atoms with Gasteiger partial charge in [0.15, 0.2) is 0 Å². The molecule has 0 aliphatic carbocycles. The minimum absolute atomic E-state index is 0.182. The maximum Gasteiger partial charge on any atom is 0.266 e. The summed E-state index contributed by atoms with van der Waals surface area (Å²) in [6.07, 6.45) is 1.60. The molecule has 0 spiro atoms. The zero-order chi connectivity index (χ0) is 9.90. The van der Waals surface area contributed by atoms with Gasteiger partial charge in [-0.05, 0) is 5.41 Å². The van der Waals surface area contributed by atoms with Crippen molar-refractivity contribution in [2.24, 2.45) is 5.41 Å². The van der Waals surface area contributed by atoms with E-state index in [-0.39, 0.29) is 11.0 Å². The average Bonchev–Trinajstić information content (AvgIpc) is 2.00. The van der Waals surface area contributed by atoms with Gasteiger partial charge in [-0.15, -0.1) is 0 Å². The number of rotatable bonds is 2. The highest BCUT2D eigenvalue weighted by atomic mass is 16.1. The Hall–Kier alpha value is -1.32. The number of hydrogen-bond acceptors (Lipinski definition) is 3. The van der Waals surface area contributed by atoms with Crippen LogP contribution in [-0.4, -0.2) is 16.7 Å². The van der Waals surface area contributed by atoms with E-state index in [1.165, 1.54) is 6.07 Å². The Morgan fingerprint density at radius 2 is 2.23 bits per heavy atom. The third-order valence-electron chi connectivity index (χ3n) is 1.49. The zero-order valence-corrected chi connectivity index (χ0v) is 8.22. The second-order valence-electron chi connectivity index (χ2n) is 4.25. The molecule has 0 fully saturated rings. The van der Waals surface area contributed by atoms with Crippen LogP contribution in [0.4, 0.5) is 5.69 Å². The van der Waals surface area contributed by atoms with Crippen LogP contribution in [0, 0.1) is 5.41 Å². The maximum atomic E-state index is 10.9. The molecule has 0 saturated heterocycles. The van der Waals surface area contributed by atoms with Crippen LogP contribution in [0.2, 0.25) is 0 Å². The summed E-state index contributed by atoms with van der Waals surface area (Å²) in [5.41, 5.74) is 0.778. The number of aromatic amines is 1. The lowest BCUT2D eigenvalue weighted by molar-refractivity contribution is 0.443. The molecule has 0 atom stereocenters. The maximum absolute atomic E-state index is 10.9. The molecule has 0 aliphatic rings. The summed E-state index contributed by atoms with van der Waals surface area (Å²) >= 11 is 0. The first-order valence-corrected chi connectivity index (χ1v) is 4.26. The molecule has 4 heteroatoms. The second kappa shape index (κ2) is 3.60. The monoisotopic (exact) mass is 181 g/mol. The molecule has 0 radical (unpaired) electrons. The standard InChI is InChI=1S/C9H15N3O/c1-9(2,3)6-10-7-4-8(13)12-11-5-7/h4-5H,6H2,1-3H3,(H2,10,12,13). The van der Waals surface area contributed by atoms with Crippen molar-refractivity contribution in [2.45, 2.75) is 20.8 Å². The lowest BCUT2D eigenvalue weighted by atomic mass is 9.97. The molecule has 1 aromatic heterocycles. The summed E-state index contributed by atoms with van der Waals surface area (Å²) in [5.74, 6) is 0. The smallest absolute Gasteiger partial charge is 0.266 e. The van der Waals surface area contributed by atoms with E-state index in [1.807, 2.05) is 0 Å². The predicted molar refractivity (Wildman–Crippen MR) is 52.8 cm³/mol. The Morgan fingerprint density at radius 3 is 2.77 bits per heavy atom. The fraction of sp³-hybridized carbons (Fsp3) is 0.556. The van der Waals surface area contributed by atoms with Crippen molar-refractivity contribution in [3.8, 4) is 0 Å². The normalized spacial score (nSPS) is 11.3. The Bertz CT molecular complexity index is 324. The molecule has 0 amide bonds. The van der Waals surface area contributed by atoms with Crippen molar-refractivity contribution in [2.75, 3.05) is 11.9 Å². The van der Waals surface area contributed by atoms with Crippen molar-refractivity contribution in [1.29, 1.82) is 0 Å². The van der Waals surface area contributed by atoms with Gasteiger partial charge in [0.2, 0.25) is 0 Å². The van der Waals surface area contributed by atoms with E-state index >= 15 is 0 Å². The first kappa shape index (κ1) is 9.77. The molecule has 72 valence electrons. The fourth-order valence-electron chi connectivity index (χ4n) is 0.840. The highest BCUT2D eigenvalue weighted by molar-refractivity contribution is 5.38. The Morgan fingerprint density at radius 1 is 1.54 bits per heavy atom. The summed E-state index contributed by atoms with van der Waals surface area (Å²) in [5, 5.41) is 9.15. The van der Waals surface area contributed by atoms with Gasteiger partial charge in [-0.3, -0.25) is 4.79 Å². The third-order valence-corrected chi connectivity index (χ3v) is 1.49. The molecule has 0 unspecified atom stereocenters. The van der Waals surface area contributed by atoms with Gasteiger partial charge in [-0.2, -0.15) is 5.10 Å². The van der Waals surface area contributed by atoms with Gasteiger partial charge < -0.3 is 5.32 Å². The molecule has 0 saturated carbocycles. The number of anilines is 1. The van der Waals surface area contributed by atoms with Gasteiger partial charge in [0.1, 0.15) is 0 Å². The molecule has 1 aromatic rings. The van der Waals surface area contributed by atoms with Crippen LogP contribution < -0.4 is 10.9 Å². The molecule has 0 aliphatic heterocycles. The van der Waals surface area contributed by atoms with Crippen molar-refractivity contribution < 1.29 is 0 Å². The molecule has 0 aromatic carbocycles. The Labute approximate surface area is 77.4 Å². The lowest BCUT2D eigenvalue weighted by Gasteiger charge is -2.19. The average molecular weight is 181 g/mol. The Kier molecular flexibility index (Phi) is 2.70. The van der Waals surface area contributed by atoms with Crippen LogP contribution in [-0.2, 0) is 0 Å². The molecular formula is C9H15N3O. The molecule has 1 rings (SSSR count). The Balaban J connectivity index is 2.60. The summed E-state index contributed by atoms with van der Waals surface area (Å²) in [4.78, 5) is 10.9. The van der Waals surface area contributed by atoms with Gasteiger partial charge in [0.25, 0.3) is 5.56 Å². The van der Waals surface area contributed by atoms with E-state index in [4.69, 9.17) is 0 Å². The molecule has 1 heterocycles.